The van der Waals surface area contributed by atoms with Crippen molar-refractivity contribution in [2.75, 3.05) is 0 Å². The van der Waals surface area contributed by atoms with Crippen LogP contribution in [0.3, 0.4) is 0 Å². The maximum Gasteiger partial charge on any atom is 0.0150 e. The van der Waals surface area contributed by atoms with E-state index in [2.05, 4.69) is 54.3 Å². The van der Waals surface area contributed by atoms with Gasteiger partial charge in [-0.3, -0.25) is 0 Å². The first kappa shape index (κ1) is 9.84. The van der Waals surface area contributed by atoms with Gasteiger partial charge in [0, 0.05) is 3.58 Å². The first-order valence-corrected chi connectivity index (χ1v) is 7.00. The molecule has 14 heavy (non-hydrogen) atoms. The van der Waals surface area contributed by atoms with Crippen molar-refractivity contribution in [1.82, 2.24) is 0 Å². The van der Waals surface area contributed by atoms with E-state index in [0.29, 0.717) is 0 Å². The molecule has 2 rings (SSSR count). The summed E-state index contributed by atoms with van der Waals surface area (Å²) < 4.78 is 3.91. The maximum absolute atomic E-state index is 2.38. The highest BCUT2D eigenvalue weighted by Gasteiger charge is 2.00. The van der Waals surface area contributed by atoms with Crippen LogP contribution in [0, 0.1) is 6.92 Å². The number of rotatable bonds is 1. The van der Waals surface area contributed by atoms with Gasteiger partial charge in [-0.25, -0.2) is 0 Å². The van der Waals surface area contributed by atoms with Gasteiger partial charge in [0.1, 0.15) is 0 Å². The van der Waals surface area contributed by atoms with Gasteiger partial charge in [-0.2, -0.15) is 0 Å². The van der Waals surface area contributed by atoms with Crippen molar-refractivity contribution in [2.24, 2.45) is 0 Å². The molecule has 0 unspecified atom stereocenters. The fourth-order valence-corrected chi connectivity index (χ4v) is 3.44. The minimum absolute atomic E-state index is 0.0878. The van der Waals surface area contributed by atoms with Crippen LogP contribution in [0.5, 0.6) is 0 Å². The van der Waals surface area contributed by atoms with E-state index in [1.54, 1.807) is 0 Å². The molecule has 0 atom stereocenters. The standard InChI is InChI=1S/C13H13I/c1-10-3-6-12(7-4-10)13-8-5-11(2)9-14-13/h3-9H,1-2H3. The SMILES string of the molecule is CC1=CC=C(c2ccc(C)cc2)I=C1. The highest BCUT2D eigenvalue weighted by molar-refractivity contribution is 14.2. The zero-order chi connectivity index (χ0) is 9.97. The number of hydrogen-bond donors (Lipinski definition) is 0. The van der Waals surface area contributed by atoms with E-state index in [9.17, 15) is 0 Å². The van der Waals surface area contributed by atoms with Crippen LogP contribution in [-0.4, -0.2) is 4.01 Å². The summed E-state index contributed by atoms with van der Waals surface area (Å²) in [5, 5.41) is 0. The van der Waals surface area contributed by atoms with Crippen LogP contribution >= 0.6 is 20.7 Å². The highest BCUT2D eigenvalue weighted by Crippen LogP contribution is 2.30. The summed E-state index contributed by atoms with van der Waals surface area (Å²) in [6, 6.07) is 8.82. The summed E-state index contributed by atoms with van der Waals surface area (Å²) in [6.07, 6.45) is 4.48. The normalized spacial score (nSPS) is 15.6. The van der Waals surface area contributed by atoms with Crippen LogP contribution in [0.4, 0.5) is 0 Å². The summed E-state index contributed by atoms with van der Waals surface area (Å²) in [4.78, 5) is 0. The van der Waals surface area contributed by atoms with Gasteiger partial charge in [-0.1, -0.05) is 56.6 Å². The van der Waals surface area contributed by atoms with Crippen molar-refractivity contribution in [1.29, 1.82) is 0 Å². The zero-order valence-corrected chi connectivity index (χ0v) is 10.6. The van der Waals surface area contributed by atoms with Crippen LogP contribution in [0.15, 0.2) is 42.0 Å². The Kier molecular flexibility index (Phi) is 2.96. The molecule has 0 aromatic heterocycles. The van der Waals surface area contributed by atoms with Gasteiger partial charge in [-0.15, -0.1) is 0 Å². The Morgan fingerprint density at radius 1 is 0.929 bits per heavy atom. The summed E-state index contributed by atoms with van der Waals surface area (Å²) in [7, 11) is 0. The van der Waals surface area contributed by atoms with E-state index in [1.165, 1.54) is 20.3 Å². The van der Waals surface area contributed by atoms with E-state index < -0.39 is 0 Å². The lowest BCUT2D eigenvalue weighted by Crippen LogP contribution is -1.83. The summed E-state index contributed by atoms with van der Waals surface area (Å²) >= 11 is 0.0878. The van der Waals surface area contributed by atoms with E-state index in [-0.39, 0.29) is 20.7 Å². The maximum atomic E-state index is 2.38. The Hall–Kier alpha value is -0.700. The Labute approximate surface area is 95.1 Å². The first-order chi connectivity index (χ1) is 6.75. The van der Waals surface area contributed by atoms with Crippen LogP contribution < -0.4 is 0 Å². The van der Waals surface area contributed by atoms with Crippen LogP contribution in [0.1, 0.15) is 18.1 Å². The van der Waals surface area contributed by atoms with E-state index in [1.807, 2.05) is 0 Å². The van der Waals surface area contributed by atoms with Gasteiger partial charge in [-0.05, 0) is 35.1 Å². The number of aryl methyl sites for hydroxylation is 1. The average molecular weight is 296 g/mol. The molecular formula is C13H13I. The first-order valence-electron chi connectivity index (χ1n) is 4.68. The van der Waals surface area contributed by atoms with Crippen molar-refractivity contribution in [3.63, 3.8) is 0 Å². The molecule has 1 aromatic carbocycles. The average Bonchev–Trinajstić information content (AvgIpc) is 2.21. The van der Waals surface area contributed by atoms with Gasteiger partial charge >= 0.3 is 0 Å². The molecule has 0 saturated carbocycles. The fourth-order valence-electron chi connectivity index (χ4n) is 1.29. The van der Waals surface area contributed by atoms with Gasteiger partial charge in [0.2, 0.25) is 0 Å². The molecule has 0 spiro atoms. The third-order valence-electron chi connectivity index (χ3n) is 2.16. The second kappa shape index (κ2) is 4.22. The molecule has 0 nitrogen and oxygen atoms in total. The Morgan fingerprint density at radius 3 is 2.21 bits per heavy atom. The van der Waals surface area contributed by atoms with E-state index >= 15 is 0 Å². The van der Waals surface area contributed by atoms with Crippen molar-refractivity contribution >= 4 is 28.3 Å². The topological polar surface area (TPSA) is 0 Å². The summed E-state index contributed by atoms with van der Waals surface area (Å²) in [5.74, 6) is 0. The molecule has 1 aromatic rings. The molecule has 0 aliphatic carbocycles. The Morgan fingerprint density at radius 2 is 1.64 bits per heavy atom. The third kappa shape index (κ3) is 2.21. The smallest absolute Gasteiger partial charge is 0.0150 e. The van der Waals surface area contributed by atoms with Gasteiger partial charge < -0.3 is 0 Å². The lowest BCUT2D eigenvalue weighted by atomic mass is 10.1. The third-order valence-corrected chi connectivity index (χ3v) is 5.11. The molecule has 0 saturated heterocycles. The molecule has 0 fully saturated rings. The van der Waals surface area contributed by atoms with Crippen molar-refractivity contribution in [3.8, 4) is 0 Å². The lowest BCUT2D eigenvalue weighted by molar-refractivity contribution is 1.46. The van der Waals surface area contributed by atoms with E-state index in [4.69, 9.17) is 0 Å². The predicted octanol–water partition coefficient (Wildman–Crippen LogP) is 4.07. The van der Waals surface area contributed by atoms with Crippen LogP contribution in [0.2, 0.25) is 0 Å². The number of benzene rings is 1. The van der Waals surface area contributed by atoms with Gasteiger partial charge in [0.05, 0.1) is 0 Å². The molecule has 1 heteroatoms. The lowest BCUT2D eigenvalue weighted by Gasteiger charge is -2.05. The van der Waals surface area contributed by atoms with Gasteiger partial charge in [0.25, 0.3) is 0 Å². The van der Waals surface area contributed by atoms with Crippen LogP contribution in [-0.2, 0) is 0 Å². The Bertz CT molecular complexity index is 419. The summed E-state index contributed by atoms with van der Waals surface area (Å²) in [5.41, 5.74) is 4.14. The van der Waals surface area contributed by atoms with E-state index in [0.717, 1.165) is 0 Å². The zero-order valence-electron chi connectivity index (χ0n) is 8.42. The summed E-state index contributed by atoms with van der Waals surface area (Å²) in [6.45, 7) is 4.30. The fraction of sp³-hybridized carbons (Fsp3) is 0.154. The predicted molar refractivity (Wildman–Crippen MR) is 73.0 cm³/mol. The highest BCUT2D eigenvalue weighted by atomic mass is 127. The molecule has 1 aliphatic rings. The second-order valence-electron chi connectivity index (χ2n) is 3.51. The van der Waals surface area contributed by atoms with Crippen molar-refractivity contribution in [3.05, 3.63) is 53.1 Å². The minimum atomic E-state index is 0.0878. The molecule has 0 N–H and O–H groups in total. The molecular weight excluding hydrogens is 283 g/mol. The molecule has 72 valence electrons. The molecule has 0 radical (unpaired) electrons. The number of hydrogen-bond acceptors (Lipinski definition) is 0. The molecule has 0 bridgehead atoms. The molecule has 1 heterocycles. The number of halogens is 1. The van der Waals surface area contributed by atoms with Crippen molar-refractivity contribution < 1.29 is 0 Å². The largest absolute Gasteiger partial charge is 0.0847 e. The number of allylic oxidation sites excluding steroid dienone is 3. The second-order valence-corrected chi connectivity index (χ2v) is 5.92. The molecule has 1 aliphatic heterocycles. The minimum Gasteiger partial charge on any atom is -0.0847 e. The molecule has 0 amide bonds. The van der Waals surface area contributed by atoms with Gasteiger partial charge in [0.15, 0.2) is 0 Å². The quantitative estimate of drug-likeness (QED) is 0.685. The Balaban J connectivity index is 2.34. The van der Waals surface area contributed by atoms with Crippen molar-refractivity contribution in [2.45, 2.75) is 13.8 Å². The van der Waals surface area contributed by atoms with Crippen LogP contribution in [0.25, 0.3) is 3.58 Å². The monoisotopic (exact) mass is 296 g/mol.